The zero-order valence-electron chi connectivity index (χ0n) is 37.9. The van der Waals surface area contributed by atoms with E-state index in [9.17, 15) is 49.7 Å². The van der Waals surface area contributed by atoms with E-state index in [1.165, 1.54) is 6.08 Å². The molecular formula is C49H77O14P. The quantitative estimate of drug-likeness (QED) is 0.0106. The summed E-state index contributed by atoms with van der Waals surface area (Å²) in [4.78, 5) is 35.7. The number of aliphatic hydroxyl groups is 6. The Morgan fingerprint density at radius 3 is 1.58 bits per heavy atom. The summed E-state index contributed by atoms with van der Waals surface area (Å²) in [6, 6.07) is 0. The summed E-state index contributed by atoms with van der Waals surface area (Å²) in [7, 11) is -5.19. The number of esters is 2. The number of phosphoric ester groups is 1. The van der Waals surface area contributed by atoms with Gasteiger partial charge in [0.25, 0.3) is 0 Å². The van der Waals surface area contributed by atoms with Gasteiger partial charge in [-0.3, -0.25) is 18.6 Å². The fourth-order valence-electron chi connectivity index (χ4n) is 6.06. The van der Waals surface area contributed by atoms with Crippen LogP contribution in [0.5, 0.6) is 0 Å². The number of aliphatic hydroxyl groups excluding tert-OH is 6. The Balaban J connectivity index is 2.59. The minimum Gasteiger partial charge on any atom is -0.462 e. The number of phosphoric acid groups is 1. The summed E-state index contributed by atoms with van der Waals surface area (Å²) < 4.78 is 33.3. The highest BCUT2D eigenvalue weighted by Crippen LogP contribution is 2.47. The van der Waals surface area contributed by atoms with Crippen LogP contribution in [0.4, 0.5) is 0 Å². The predicted octanol–water partition coefficient (Wildman–Crippen LogP) is 7.80. The molecule has 9 atom stereocenters. The van der Waals surface area contributed by atoms with Crippen molar-refractivity contribution in [3.8, 4) is 0 Å². The molecule has 1 saturated carbocycles. The lowest BCUT2D eigenvalue weighted by Gasteiger charge is -2.41. The molecule has 362 valence electrons. The summed E-state index contributed by atoms with van der Waals surface area (Å²) in [5.74, 6) is -1.42. The lowest BCUT2D eigenvalue weighted by Crippen LogP contribution is -2.64. The molecule has 0 radical (unpaired) electrons. The fraction of sp³-hybridized carbons (Fsp3) is 0.592. The summed E-state index contributed by atoms with van der Waals surface area (Å²) in [6.45, 7) is 2.82. The standard InChI is InChI=1S/C49H77O14P/c1-3-5-7-9-11-13-15-17-19-21-22-24-26-28-30-32-34-40(50)36-37-42(51)60-38-41(39-61-64(58,59)63-49-47(56)45(54)44(53)46(55)48(49)57)62-43(52)35-33-31-29-27-25-23-20-18-16-14-12-10-8-6-4-2/h5-8,11-14,17-20,22,24,28,30,32,34,40-41,44-50,53-57H,3-4,9-10,15-16,21,23,25-27,29,31,33,35-39H2,1-2H3,(H,58,59)/b7-5-,8-6-,13-11-,14-12-,19-17-,20-18-,24-22-,30-28-,34-32-/t40?,41-,44?,45-,46+,47-,48-,49?/m1/s1. The molecule has 0 aromatic rings. The van der Waals surface area contributed by atoms with Crippen LogP contribution in [-0.4, -0.2) is 110 Å². The Morgan fingerprint density at radius 1 is 0.562 bits per heavy atom. The van der Waals surface area contributed by atoms with E-state index in [2.05, 4.69) is 92.8 Å². The van der Waals surface area contributed by atoms with Crippen LogP contribution in [-0.2, 0) is 32.7 Å². The topological polar surface area (TPSA) is 230 Å². The maximum Gasteiger partial charge on any atom is 0.472 e. The van der Waals surface area contributed by atoms with Gasteiger partial charge in [0.05, 0.1) is 12.7 Å². The van der Waals surface area contributed by atoms with Crippen LogP contribution in [0.2, 0.25) is 0 Å². The maximum atomic E-state index is 12.8. The number of ether oxygens (including phenoxy) is 2. The highest BCUT2D eigenvalue weighted by molar-refractivity contribution is 7.47. The molecule has 64 heavy (non-hydrogen) atoms. The molecule has 15 heteroatoms. The van der Waals surface area contributed by atoms with Crippen molar-refractivity contribution in [2.24, 2.45) is 0 Å². The largest absolute Gasteiger partial charge is 0.472 e. The first kappa shape index (κ1) is 58.5. The van der Waals surface area contributed by atoms with Gasteiger partial charge in [0.2, 0.25) is 0 Å². The molecule has 0 amide bonds. The van der Waals surface area contributed by atoms with E-state index in [4.69, 9.17) is 18.5 Å². The Morgan fingerprint density at radius 2 is 1.03 bits per heavy atom. The number of hydrogen-bond acceptors (Lipinski definition) is 13. The molecule has 0 spiro atoms. The van der Waals surface area contributed by atoms with Crippen LogP contribution < -0.4 is 0 Å². The van der Waals surface area contributed by atoms with Gasteiger partial charge in [0.1, 0.15) is 43.2 Å². The second-order valence-corrected chi connectivity index (χ2v) is 16.7. The molecular weight excluding hydrogens is 843 g/mol. The summed E-state index contributed by atoms with van der Waals surface area (Å²) in [5.41, 5.74) is 0. The van der Waals surface area contributed by atoms with Gasteiger partial charge in [-0.1, -0.05) is 142 Å². The van der Waals surface area contributed by atoms with Crippen molar-refractivity contribution < 1.29 is 68.2 Å². The van der Waals surface area contributed by atoms with E-state index in [1.54, 1.807) is 12.2 Å². The van der Waals surface area contributed by atoms with Gasteiger partial charge in [0.15, 0.2) is 6.10 Å². The van der Waals surface area contributed by atoms with Gasteiger partial charge in [-0.05, 0) is 77.0 Å². The van der Waals surface area contributed by atoms with Crippen LogP contribution in [0.3, 0.4) is 0 Å². The van der Waals surface area contributed by atoms with Gasteiger partial charge in [-0.2, -0.15) is 0 Å². The fourth-order valence-corrected chi connectivity index (χ4v) is 7.03. The van der Waals surface area contributed by atoms with Crippen molar-refractivity contribution in [1.82, 2.24) is 0 Å². The van der Waals surface area contributed by atoms with Crippen LogP contribution >= 0.6 is 7.82 Å². The normalized spacial score (nSPS) is 23.1. The number of allylic oxidation sites excluding steroid dienone is 17. The summed E-state index contributed by atoms with van der Waals surface area (Å²) >= 11 is 0. The summed E-state index contributed by atoms with van der Waals surface area (Å²) in [5, 5.41) is 60.5. The molecule has 0 aromatic heterocycles. The Kier molecular flexibility index (Phi) is 34.4. The number of carbonyl (C=O) groups excluding carboxylic acids is 2. The minimum absolute atomic E-state index is 0.0202. The first-order valence-electron chi connectivity index (χ1n) is 22.8. The first-order valence-corrected chi connectivity index (χ1v) is 24.3. The number of carbonyl (C=O) groups is 2. The molecule has 14 nitrogen and oxygen atoms in total. The molecule has 1 fully saturated rings. The second kappa shape index (κ2) is 37.7. The molecule has 1 rings (SSSR count). The summed E-state index contributed by atoms with van der Waals surface area (Å²) in [6.07, 6.45) is 34.6. The Labute approximate surface area is 381 Å². The van der Waals surface area contributed by atoms with Crippen molar-refractivity contribution in [2.45, 2.75) is 172 Å². The SMILES string of the molecule is CC/C=C\C/C=C\C/C=C\C/C=C\C/C=C\C=C/C(O)CCC(=O)OC[C@H](COP(=O)(O)OC1[C@H](O)[C@H](O)C(O)[C@H](O)[C@H]1O)OC(=O)CCCCCCC/C=C\C/C=C\C/C=C\CC. The van der Waals surface area contributed by atoms with Gasteiger partial charge < -0.3 is 45.0 Å². The van der Waals surface area contributed by atoms with Gasteiger partial charge in [0, 0.05) is 12.8 Å². The molecule has 1 aliphatic rings. The molecule has 0 aromatic carbocycles. The first-order chi connectivity index (χ1) is 30.8. The Bertz CT molecular complexity index is 1550. The third-order valence-electron chi connectivity index (χ3n) is 9.73. The molecule has 0 aliphatic heterocycles. The number of rotatable bonds is 35. The van der Waals surface area contributed by atoms with Crippen LogP contribution in [0.15, 0.2) is 109 Å². The van der Waals surface area contributed by atoms with Crippen molar-refractivity contribution in [1.29, 1.82) is 0 Å². The molecule has 0 saturated heterocycles. The number of unbranched alkanes of at least 4 members (excludes halogenated alkanes) is 5. The van der Waals surface area contributed by atoms with Crippen LogP contribution in [0, 0.1) is 0 Å². The van der Waals surface area contributed by atoms with Crippen molar-refractivity contribution in [3.63, 3.8) is 0 Å². The molecule has 1 aliphatic carbocycles. The minimum atomic E-state index is -5.19. The molecule has 4 unspecified atom stereocenters. The number of hydrogen-bond donors (Lipinski definition) is 7. The van der Waals surface area contributed by atoms with E-state index in [0.29, 0.717) is 12.8 Å². The van der Waals surface area contributed by atoms with E-state index in [-0.39, 0.29) is 19.3 Å². The average Bonchev–Trinajstić information content (AvgIpc) is 3.27. The lowest BCUT2D eigenvalue weighted by molar-refractivity contribution is -0.220. The van der Waals surface area contributed by atoms with Crippen molar-refractivity contribution in [3.05, 3.63) is 109 Å². The molecule has 0 bridgehead atoms. The highest BCUT2D eigenvalue weighted by atomic mass is 31.2. The zero-order valence-corrected chi connectivity index (χ0v) is 38.8. The molecule has 7 N–H and O–H groups in total. The van der Waals surface area contributed by atoms with Gasteiger partial charge in [-0.25, -0.2) is 4.57 Å². The van der Waals surface area contributed by atoms with Gasteiger partial charge >= 0.3 is 19.8 Å². The average molecular weight is 921 g/mol. The lowest BCUT2D eigenvalue weighted by atomic mass is 9.85. The van der Waals surface area contributed by atoms with E-state index in [1.807, 2.05) is 12.2 Å². The van der Waals surface area contributed by atoms with Crippen LogP contribution in [0.25, 0.3) is 0 Å². The Hall–Kier alpha value is -3.53. The third kappa shape index (κ3) is 29.8. The second-order valence-electron chi connectivity index (χ2n) is 15.3. The maximum absolute atomic E-state index is 12.8. The smallest absolute Gasteiger partial charge is 0.462 e. The van der Waals surface area contributed by atoms with E-state index >= 15 is 0 Å². The van der Waals surface area contributed by atoms with E-state index < -0.39 is 81.8 Å². The van der Waals surface area contributed by atoms with Crippen molar-refractivity contribution >= 4 is 19.8 Å². The monoisotopic (exact) mass is 921 g/mol. The third-order valence-corrected chi connectivity index (χ3v) is 10.7. The zero-order chi connectivity index (χ0) is 47.3. The highest BCUT2D eigenvalue weighted by Gasteiger charge is 2.51. The van der Waals surface area contributed by atoms with E-state index in [0.717, 1.165) is 77.0 Å². The van der Waals surface area contributed by atoms with Gasteiger partial charge in [-0.15, -0.1) is 0 Å². The van der Waals surface area contributed by atoms with Crippen LogP contribution in [0.1, 0.15) is 123 Å². The van der Waals surface area contributed by atoms with Crippen molar-refractivity contribution in [2.75, 3.05) is 13.2 Å². The predicted molar refractivity (Wildman–Crippen MR) is 250 cm³/mol. The molecule has 0 heterocycles.